The lowest BCUT2D eigenvalue weighted by Crippen LogP contribution is -2.48. The zero-order valence-electron chi connectivity index (χ0n) is 11.2. The van der Waals surface area contributed by atoms with Gasteiger partial charge in [0.05, 0.1) is 12.6 Å². The molecule has 3 atom stereocenters. The quantitative estimate of drug-likeness (QED) is 0.615. The highest BCUT2D eigenvalue weighted by Gasteiger charge is 2.17. The Bertz CT molecular complexity index is 197. The second-order valence-corrected chi connectivity index (χ2v) is 4.35. The van der Waals surface area contributed by atoms with E-state index in [0.717, 1.165) is 6.42 Å². The van der Waals surface area contributed by atoms with Crippen LogP contribution < -0.4 is 10.6 Å². The van der Waals surface area contributed by atoms with Crippen LogP contribution in [0.2, 0.25) is 0 Å². The predicted molar refractivity (Wildman–Crippen MR) is 66.4 cm³/mol. The number of carbonyl (C=O) groups excluding carboxylic acids is 1. The summed E-state index contributed by atoms with van der Waals surface area (Å²) in [4.78, 5) is 11.6. The van der Waals surface area contributed by atoms with Gasteiger partial charge in [-0.3, -0.25) is 4.79 Å². The van der Waals surface area contributed by atoms with Crippen LogP contribution in [0, 0.1) is 5.92 Å². The maximum Gasteiger partial charge on any atom is 0.236 e. The maximum atomic E-state index is 11.6. The Hall–Kier alpha value is -0.610. The van der Waals surface area contributed by atoms with Gasteiger partial charge in [0, 0.05) is 19.7 Å². The number of methoxy groups -OCH3 is 1. The minimum absolute atomic E-state index is 0.0344. The molecule has 0 aromatic carbocycles. The van der Waals surface area contributed by atoms with Crippen molar-refractivity contribution in [3.05, 3.63) is 0 Å². The molecule has 4 nitrogen and oxygen atoms in total. The fraction of sp³-hybridized carbons (Fsp3) is 0.917. The third-order valence-corrected chi connectivity index (χ3v) is 3.01. The summed E-state index contributed by atoms with van der Waals surface area (Å²) in [6.07, 6.45) is 1.12. The normalized spacial score (nSPS) is 16.6. The van der Waals surface area contributed by atoms with Crippen molar-refractivity contribution in [3.63, 3.8) is 0 Å². The van der Waals surface area contributed by atoms with Gasteiger partial charge < -0.3 is 15.4 Å². The predicted octanol–water partition coefficient (Wildman–Crippen LogP) is 1.16. The summed E-state index contributed by atoms with van der Waals surface area (Å²) in [6.45, 7) is 9.48. The Morgan fingerprint density at radius 2 is 1.94 bits per heavy atom. The molecule has 4 heteroatoms. The van der Waals surface area contributed by atoms with E-state index in [1.54, 1.807) is 7.11 Å². The van der Waals surface area contributed by atoms with Gasteiger partial charge in [-0.15, -0.1) is 0 Å². The summed E-state index contributed by atoms with van der Waals surface area (Å²) in [7, 11) is 1.62. The van der Waals surface area contributed by atoms with Crippen molar-refractivity contribution in [1.29, 1.82) is 0 Å². The molecule has 1 amide bonds. The lowest BCUT2D eigenvalue weighted by molar-refractivity contribution is -0.123. The molecule has 0 rings (SSSR count). The third kappa shape index (κ3) is 6.08. The summed E-state index contributed by atoms with van der Waals surface area (Å²) >= 11 is 0. The van der Waals surface area contributed by atoms with Gasteiger partial charge in [-0.2, -0.15) is 0 Å². The van der Waals surface area contributed by atoms with E-state index in [-0.39, 0.29) is 11.9 Å². The molecule has 0 heterocycles. The van der Waals surface area contributed by atoms with Gasteiger partial charge in [0.15, 0.2) is 0 Å². The Kier molecular flexibility index (Phi) is 8.21. The van der Waals surface area contributed by atoms with Crippen molar-refractivity contribution < 1.29 is 9.53 Å². The van der Waals surface area contributed by atoms with Crippen LogP contribution in [0.3, 0.4) is 0 Å². The summed E-state index contributed by atoms with van der Waals surface area (Å²) in [6, 6.07) is 0.203. The third-order valence-electron chi connectivity index (χ3n) is 3.01. The molecular weight excluding hydrogens is 204 g/mol. The van der Waals surface area contributed by atoms with Crippen molar-refractivity contribution >= 4 is 5.91 Å². The van der Waals surface area contributed by atoms with Crippen LogP contribution in [0.5, 0.6) is 0 Å². The molecule has 96 valence electrons. The molecule has 0 aromatic rings. The Morgan fingerprint density at radius 3 is 2.44 bits per heavy atom. The van der Waals surface area contributed by atoms with Crippen LogP contribution in [-0.2, 0) is 9.53 Å². The summed E-state index contributed by atoms with van der Waals surface area (Å²) in [5.74, 6) is 0.612. The van der Waals surface area contributed by atoms with E-state index in [4.69, 9.17) is 4.74 Å². The molecule has 0 spiro atoms. The van der Waals surface area contributed by atoms with Gasteiger partial charge in [0.25, 0.3) is 0 Å². The highest BCUT2D eigenvalue weighted by Crippen LogP contribution is 2.07. The number of hydrogen-bond donors (Lipinski definition) is 2. The molecule has 0 aliphatic heterocycles. The van der Waals surface area contributed by atoms with Crippen molar-refractivity contribution in [2.45, 2.75) is 46.2 Å². The Balaban J connectivity index is 3.86. The first-order chi connectivity index (χ1) is 7.52. The van der Waals surface area contributed by atoms with Gasteiger partial charge in [0.2, 0.25) is 5.91 Å². The second kappa shape index (κ2) is 8.53. The van der Waals surface area contributed by atoms with Gasteiger partial charge in [-0.25, -0.2) is 0 Å². The molecule has 16 heavy (non-hydrogen) atoms. The topological polar surface area (TPSA) is 50.4 Å². The van der Waals surface area contributed by atoms with Crippen molar-refractivity contribution in [3.8, 4) is 0 Å². The largest absolute Gasteiger partial charge is 0.383 e. The summed E-state index contributed by atoms with van der Waals surface area (Å²) in [5.41, 5.74) is 0. The lowest BCUT2D eigenvalue weighted by Gasteiger charge is -2.23. The lowest BCUT2D eigenvalue weighted by atomic mass is 10.0. The zero-order valence-corrected chi connectivity index (χ0v) is 11.2. The van der Waals surface area contributed by atoms with E-state index in [0.29, 0.717) is 25.1 Å². The van der Waals surface area contributed by atoms with Crippen molar-refractivity contribution in [1.82, 2.24) is 10.6 Å². The van der Waals surface area contributed by atoms with E-state index in [9.17, 15) is 4.79 Å². The fourth-order valence-electron chi connectivity index (χ4n) is 1.42. The number of rotatable bonds is 8. The molecule has 0 aliphatic rings. The smallest absolute Gasteiger partial charge is 0.236 e. The Morgan fingerprint density at radius 1 is 1.31 bits per heavy atom. The van der Waals surface area contributed by atoms with Crippen molar-refractivity contribution in [2.75, 3.05) is 20.3 Å². The number of amides is 1. The average molecular weight is 230 g/mol. The van der Waals surface area contributed by atoms with Crippen LogP contribution in [0.1, 0.15) is 34.1 Å². The van der Waals surface area contributed by atoms with Crippen molar-refractivity contribution in [2.24, 2.45) is 5.92 Å². The van der Waals surface area contributed by atoms with E-state index in [1.165, 1.54) is 0 Å². The minimum Gasteiger partial charge on any atom is -0.383 e. The average Bonchev–Trinajstić information content (AvgIpc) is 2.27. The second-order valence-electron chi connectivity index (χ2n) is 4.35. The molecule has 0 radical (unpaired) electrons. The zero-order chi connectivity index (χ0) is 12.6. The van der Waals surface area contributed by atoms with E-state index >= 15 is 0 Å². The number of carbonyl (C=O) groups is 1. The molecular formula is C12H26N2O2. The number of hydrogen-bond acceptors (Lipinski definition) is 3. The Labute approximate surface area is 99.1 Å². The first kappa shape index (κ1) is 15.4. The summed E-state index contributed by atoms with van der Waals surface area (Å²) in [5, 5.41) is 6.12. The fourth-order valence-corrected chi connectivity index (χ4v) is 1.42. The van der Waals surface area contributed by atoms with E-state index in [2.05, 4.69) is 31.4 Å². The molecule has 0 fully saturated rings. The number of ether oxygens (including phenoxy) is 1. The van der Waals surface area contributed by atoms with Crippen LogP contribution >= 0.6 is 0 Å². The van der Waals surface area contributed by atoms with E-state index in [1.807, 2.05) is 6.92 Å². The first-order valence-corrected chi connectivity index (χ1v) is 6.05. The molecule has 0 saturated carbocycles. The van der Waals surface area contributed by atoms with Crippen LogP contribution in [0.25, 0.3) is 0 Å². The molecule has 0 aromatic heterocycles. The maximum absolute atomic E-state index is 11.6. The van der Waals surface area contributed by atoms with Crippen LogP contribution in [-0.4, -0.2) is 38.3 Å². The SMILES string of the molecule is CCC(C)C(C)NC(C)C(=O)NCCOC. The van der Waals surface area contributed by atoms with Crippen LogP contribution in [0.4, 0.5) is 0 Å². The molecule has 2 N–H and O–H groups in total. The number of nitrogens with one attached hydrogen (secondary N) is 2. The molecule has 0 saturated heterocycles. The first-order valence-electron chi connectivity index (χ1n) is 6.05. The highest BCUT2D eigenvalue weighted by molar-refractivity contribution is 5.81. The van der Waals surface area contributed by atoms with Gasteiger partial charge >= 0.3 is 0 Å². The monoisotopic (exact) mass is 230 g/mol. The van der Waals surface area contributed by atoms with Crippen LogP contribution in [0.15, 0.2) is 0 Å². The molecule has 0 aliphatic carbocycles. The molecule has 0 bridgehead atoms. The van der Waals surface area contributed by atoms with Gasteiger partial charge in [0.1, 0.15) is 0 Å². The highest BCUT2D eigenvalue weighted by atomic mass is 16.5. The summed E-state index contributed by atoms with van der Waals surface area (Å²) < 4.78 is 4.87. The van der Waals surface area contributed by atoms with Gasteiger partial charge in [-0.05, 0) is 19.8 Å². The van der Waals surface area contributed by atoms with Gasteiger partial charge in [-0.1, -0.05) is 20.3 Å². The molecule has 3 unspecified atom stereocenters. The minimum atomic E-state index is -0.152. The van der Waals surface area contributed by atoms with E-state index < -0.39 is 0 Å². The standard InChI is InChI=1S/C12H26N2O2/c1-6-9(2)10(3)14-11(4)12(15)13-7-8-16-5/h9-11,14H,6-8H2,1-5H3,(H,13,15).